The summed E-state index contributed by atoms with van der Waals surface area (Å²) in [5, 5.41) is 0. The van der Waals surface area contributed by atoms with Gasteiger partial charge in [-0.1, -0.05) is 0 Å². The molecule has 2 rings (SSSR count). The lowest BCUT2D eigenvalue weighted by atomic mass is 9.96. The lowest BCUT2D eigenvalue weighted by molar-refractivity contribution is -0.141. The van der Waals surface area contributed by atoms with Crippen LogP contribution in [0.3, 0.4) is 0 Å². The second kappa shape index (κ2) is 12.3. The molecule has 1 aromatic rings. The van der Waals surface area contributed by atoms with Crippen molar-refractivity contribution in [2.24, 2.45) is 0 Å². The first-order valence-corrected chi connectivity index (χ1v) is 10.7. The van der Waals surface area contributed by atoms with Crippen molar-refractivity contribution in [3.8, 4) is 0 Å². The number of alkyl halides is 2. The van der Waals surface area contributed by atoms with Crippen molar-refractivity contribution >= 4 is 52.4 Å². The minimum atomic E-state index is -0.612. The van der Waals surface area contributed by atoms with Crippen LogP contribution in [0.4, 0.5) is 5.69 Å². The number of esters is 2. The highest BCUT2D eigenvalue weighted by Gasteiger charge is 2.21. The fourth-order valence-corrected chi connectivity index (χ4v) is 3.27. The third kappa shape index (κ3) is 7.52. The molecular formula is C22H23Cl2NO6. The second-order valence-corrected chi connectivity index (χ2v) is 7.40. The summed E-state index contributed by atoms with van der Waals surface area (Å²) in [6.07, 6.45) is 2.48. The average molecular weight is 468 g/mol. The summed E-state index contributed by atoms with van der Waals surface area (Å²) in [6, 6.07) is 6.76. The zero-order valence-corrected chi connectivity index (χ0v) is 18.6. The number of allylic oxidation sites excluding steroid dienone is 2. The van der Waals surface area contributed by atoms with E-state index in [0.29, 0.717) is 30.4 Å². The lowest BCUT2D eigenvalue weighted by Gasteiger charge is -2.22. The Balaban J connectivity index is 1.93. The molecule has 0 radical (unpaired) electrons. The number of ketones is 2. The zero-order valence-electron chi connectivity index (χ0n) is 17.1. The van der Waals surface area contributed by atoms with Crippen LogP contribution in [0.15, 0.2) is 47.6 Å². The van der Waals surface area contributed by atoms with E-state index in [1.54, 1.807) is 24.3 Å². The largest absolute Gasteiger partial charge is 0.466 e. The maximum atomic E-state index is 12.3. The number of carbonyl (C=O) groups excluding carboxylic acids is 4. The van der Waals surface area contributed by atoms with Gasteiger partial charge in [-0.25, -0.2) is 4.79 Å². The molecule has 0 aliphatic heterocycles. The molecule has 1 aromatic carbocycles. The van der Waals surface area contributed by atoms with E-state index in [-0.39, 0.29) is 36.6 Å². The number of nitrogens with zero attached hydrogens (tertiary/aromatic N) is 1. The molecule has 0 heterocycles. The first-order valence-electron chi connectivity index (χ1n) is 9.63. The van der Waals surface area contributed by atoms with Gasteiger partial charge in [0.2, 0.25) is 0 Å². The Morgan fingerprint density at radius 2 is 1.48 bits per heavy atom. The Morgan fingerprint density at radius 1 is 0.903 bits per heavy atom. The number of carbonyl (C=O) groups is 4. The van der Waals surface area contributed by atoms with Crippen LogP contribution in [-0.2, 0) is 23.9 Å². The van der Waals surface area contributed by atoms with Crippen molar-refractivity contribution in [3.63, 3.8) is 0 Å². The Hall–Kier alpha value is -2.64. The van der Waals surface area contributed by atoms with Crippen molar-refractivity contribution < 1.29 is 28.7 Å². The highest BCUT2D eigenvalue weighted by atomic mass is 35.5. The first-order chi connectivity index (χ1) is 14.8. The number of hydrogen-bond donors (Lipinski definition) is 0. The quantitative estimate of drug-likeness (QED) is 0.280. The number of anilines is 1. The number of halogens is 2. The monoisotopic (exact) mass is 467 g/mol. The second-order valence-electron chi connectivity index (χ2n) is 6.65. The van der Waals surface area contributed by atoms with Crippen LogP contribution in [-0.4, -0.2) is 61.6 Å². The van der Waals surface area contributed by atoms with Crippen LogP contribution in [0, 0.1) is 0 Å². The summed E-state index contributed by atoms with van der Waals surface area (Å²) in [5.74, 6) is -0.972. The molecule has 0 aromatic heterocycles. The first kappa shape index (κ1) is 24.6. The van der Waals surface area contributed by atoms with Crippen LogP contribution in [0.5, 0.6) is 0 Å². The lowest BCUT2D eigenvalue weighted by Crippen LogP contribution is -2.27. The number of hydrogen-bond acceptors (Lipinski definition) is 7. The van der Waals surface area contributed by atoms with E-state index < -0.39 is 17.7 Å². The van der Waals surface area contributed by atoms with Gasteiger partial charge in [0.15, 0.2) is 11.6 Å². The fraction of sp³-hybridized carbons (Fsp3) is 0.364. The molecule has 0 saturated carbocycles. The molecule has 0 saturated heterocycles. The number of ether oxygens (including phenoxy) is 2. The standard InChI is InChI=1S/C22H23Cl2NO6/c1-15(26)30-11-6-17-12-21(28)18(13-20(17)27)14-31-22(29)16-2-4-19(5-3-16)25(9-7-23)10-8-24/h2-5,12-13H,6-11,14H2,1H3. The van der Waals surface area contributed by atoms with Crippen molar-refractivity contribution in [1.82, 2.24) is 0 Å². The van der Waals surface area contributed by atoms with Gasteiger partial charge in [0.1, 0.15) is 6.61 Å². The molecule has 0 bridgehead atoms. The molecule has 1 aliphatic carbocycles. The smallest absolute Gasteiger partial charge is 0.338 e. The van der Waals surface area contributed by atoms with Gasteiger partial charge in [0, 0.05) is 55.0 Å². The molecular weight excluding hydrogens is 445 g/mol. The van der Waals surface area contributed by atoms with Crippen LogP contribution in [0.2, 0.25) is 0 Å². The van der Waals surface area contributed by atoms with Gasteiger partial charge in [-0.3, -0.25) is 14.4 Å². The fourth-order valence-electron chi connectivity index (χ4n) is 2.87. The molecule has 0 N–H and O–H groups in total. The van der Waals surface area contributed by atoms with E-state index in [1.807, 2.05) is 4.90 Å². The molecule has 7 nitrogen and oxygen atoms in total. The van der Waals surface area contributed by atoms with Gasteiger partial charge < -0.3 is 14.4 Å². The van der Waals surface area contributed by atoms with Crippen LogP contribution >= 0.6 is 23.2 Å². The Labute approximate surface area is 190 Å². The minimum Gasteiger partial charge on any atom is -0.466 e. The molecule has 31 heavy (non-hydrogen) atoms. The third-order valence-corrected chi connectivity index (χ3v) is 4.79. The van der Waals surface area contributed by atoms with Gasteiger partial charge in [0.25, 0.3) is 0 Å². The van der Waals surface area contributed by atoms with Crippen molar-refractivity contribution in [2.75, 3.05) is 43.0 Å². The average Bonchev–Trinajstić information content (AvgIpc) is 2.74. The van der Waals surface area contributed by atoms with Gasteiger partial charge in [-0.2, -0.15) is 0 Å². The summed E-state index contributed by atoms with van der Waals surface area (Å²) < 4.78 is 9.98. The van der Waals surface area contributed by atoms with Crippen molar-refractivity contribution in [2.45, 2.75) is 13.3 Å². The van der Waals surface area contributed by atoms with E-state index in [4.69, 9.17) is 32.7 Å². The van der Waals surface area contributed by atoms with Crippen molar-refractivity contribution in [1.29, 1.82) is 0 Å². The summed E-state index contributed by atoms with van der Waals surface area (Å²) >= 11 is 11.6. The van der Waals surface area contributed by atoms with Gasteiger partial charge >= 0.3 is 11.9 Å². The zero-order chi connectivity index (χ0) is 22.8. The molecule has 0 fully saturated rings. The highest BCUT2D eigenvalue weighted by molar-refractivity contribution is 6.20. The maximum absolute atomic E-state index is 12.3. The molecule has 9 heteroatoms. The molecule has 0 unspecified atom stereocenters. The van der Waals surface area contributed by atoms with Crippen molar-refractivity contribution in [3.05, 3.63) is 53.1 Å². The molecule has 1 aliphatic rings. The van der Waals surface area contributed by atoms with Gasteiger partial charge in [-0.15, -0.1) is 23.2 Å². The maximum Gasteiger partial charge on any atom is 0.338 e. The van der Waals surface area contributed by atoms with Gasteiger partial charge in [0.05, 0.1) is 12.2 Å². The Kier molecular flexibility index (Phi) is 9.75. The van der Waals surface area contributed by atoms with Gasteiger partial charge in [-0.05, 0) is 36.4 Å². The van der Waals surface area contributed by atoms with Crippen LogP contribution in [0.1, 0.15) is 23.7 Å². The number of benzene rings is 1. The third-order valence-electron chi connectivity index (χ3n) is 4.46. The molecule has 0 spiro atoms. The van der Waals surface area contributed by atoms with Crippen LogP contribution in [0.25, 0.3) is 0 Å². The minimum absolute atomic E-state index is 0.0154. The molecule has 0 amide bonds. The summed E-state index contributed by atoms with van der Waals surface area (Å²) in [5.41, 5.74) is 1.52. The van der Waals surface area contributed by atoms with E-state index >= 15 is 0 Å². The summed E-state index contributed by atoms with van der Waals surface area (Å²) in [7, 11) is 0. The Morgan fingerprint density at radius 3 is 2.06 bits per heavy atom. The van der Waals surface area contributed by atoms with E-state index in [0.717, 1.165) is 11.8 Å². The SMILES string of the molecule is CC(=O)OCCC1=CC(=O)C(COC(=O)c2ccc(N(CCCl)CCCl)cc2)=CC1=O. The predicted octanol–water partition coefficient (Wildman–Crippen LogP) is 3.09. The number of rotatable bonds is 11. The Bertz CT molecular complexity index is 886. The topological polar surface area (TPSA) is 90.0 Å². The van der Waals surface area contributed by atoms with E-state index in [1.165, 1.54) is 13.0 Å². The normalized spacial score (nSPS) is 13.4. The summed E-state index contributed by atoms with van der Waals surface area (Å²) in [4.78, 5) is 49.5. The molecule has 0 atom stereocenters. The van der Waals surface area contributed by atoms with Crippen LogP contribution < -0.4 is 4.90 Å². The van der Waals surface area contributed by atoms with E-state index in [2.05, 4.69) is 0 Å². The summed E-state index contributed by atoms with van der Waals surface area (Å²) in [6.45, 7) is 2.21. The molecule has 166 valence electrons. The predicted molar refractivity (Wildman–Crippen MR) is 118 cm³/mol. The van der Waals surface area contributed by atoms with E-state index in [9.17, 15) is 19.2 Å². The highest BCUT2D eigenvalue weighted by Crippen LogP contribution is 2.18.